The van der Waals surface area contributed by atoms with Crippen LogP contribution in [0.4, 0.5) is 5.69 Å². The first-order valence-electron chi connectivity index (χ1n) is 8.15. The van der Waals surface area contributed by atoms with E-state index in [4.69, 9.17) is 0 Å². The average Bonchev–Trinajstić information content (AvgIpc) is 2.54. The van der Waals surface area contributed by atoms with Crippen LogP contribution in [0, 0.1) is 13.8 Å². The van der Waals surface area contributed by atoms with Crippen molar-refractivity contribution in [1.29, 1.82) is 0 Å². The summed E-state index contributed by atoms with van der Waals surface area (Å²) in [5.74, 6) is -0.179. The van der Waals surface area contributed by atoms with Gasteiger partial charge in [0.2, 0.25) is 10.0 Å². The molecule has 0 spiro atoms. The molecule has 2 N–H and O–H groups in total. The maximum atomic E-state index is 12.6. The predicted octanol–water partition coefficient (Wildman–Crippen LogP) is 3.56. The van der Waals surface area contributed by atoms with Crippen molar-refractivity contribution < 1.29 is 13.2 Å². The lowest BCUT2D eigenvalue weighted by molar-refractivity contribution is 0.0935. The van der Waals surface area contributed by atoms with Crippen molar-refractivity contribution >= 4 is 21.6 Å². The van der Waals surface area contributed by atoms with Gasteiger partial charge >= 0.3 is 0 Å². The van der Waals surface area contributed by atoms with Crippen LogP contribution >= 0.6 is 0 Å². The van der Waals surface area contributed by atoms with Gasteiger partial charge in [0.1, 0.15) is 0 Å². The van der Waals surface area contributed by atoms with E-state index in [1.807, 2.05) is 38.1 Å². The van der Waals surface area contributed by atoms with Gasteiger partial charge in [-0.3, -0.25) is 9.52 Å². The molecule has 0 bridgehead atoms. The van der Waals surface area contributed by atoms with Crippen molar-refractivity contribution in [3.8, 4) is 0 Å². The summed E-state index contributed by atoms with van der Waals surface area (Å²) < 4.78 is 25.1. The minimum atomic E-state index is -3.35. The second-order valence-electron chi connectivity index (χ2n) is 6.25. The third-order valence-electron chi connectivity index (χ3n) is 3.98. The molecule has 1 unspecified atom stereocenters. The molecule has 0 aromatic heterocycles. The molecule has 0 aliphatic rings. The van der Waals surface area contributed by atoms with Gasteiger partial charge in [0.05, 0.1) is 18.0 Å². The Balaban J connectivity index is 2.16. The molecule has 2 aromatic carbocycles. The maximum Gasteiger partial charge on any atom is 0.251 e. The van der Waals surface area contributed by atoms with E-state index in [1.165, 1.54) is 5.56 Å². The molecule has 6 heteroatoms. The van der Waals surface area contributed by atoms with E-state index in [2.05, 4.69) is 10.0 Å². The quantitative estimate of drug-likeness (QED) is 0.827. The largest absolute Gasteiger partial charge is 0.345 e. The van der Waals surface area contributed by atoms with Crippen LogP contribution < -0.4 is 10.0 Å². The SMILES string of the molecule is CCC(NC(=O)c1ccc(NS(C)(=O)=O)c(C)c1)c1ccc(C)cc1. The minimum Gasteiger partial charge on any atom is -0.345 e. The van der Waals surface area contributed by atoms with Crippen LogP contribution in [-0.4, -0.2) is 20.6 Å². The number of benzene rings is 2. The van der Waals surface area contributed by atoms with Gasteiger partial charge in [-0.15, -0.1) is 0 Å². The van der Waals surface area contributed by atoms with Crippen LogP contribution in [0.1, 0.15) is 46.4 Å². The summed E-state index contributed by atoms with van der Waals surface area (Å²) in [5.41, 5.74) is 3.91. The Morgan fingerprint density at radius 1 is 1.08 bits per heavy atom. The van der Waals surface area contributed by atoms with E-state index >= 15 is 0 Å². The molecule has 5 nitrogen and oxygen atoms in total. The molecule has 25 heavy (non-hydrogen) atoms. The van der Waals surface area contributed by atoms with E-state index in [0.29, 0.717) is 16.8 Å². The Morgan fingerprint density at radius 2 is 1.72 bits per heavy atom. The predicted molar refractivity (Wildman–Crippen MR) is 101 cm³/mol. The monoisotopic (exact) mass is 360 g/mol. The van der Waals surface area contributed by atoms with E-state index in [-0.39, 0.29) is 11.9 Å². The van der Waals surface area contributed by atoms with Crippen molar-refractivity contribution in [2.75, 3.05) is 11.0 Å². The number of rotatable bonds is 6. The first-order chi connectivity index (χ1) is 11.7. The van der Waals surface area contributed by atoms with Crippen molar-refractivity contribution in [2.45, 2.75) is 33.2 Å². The van der Waals surface area contributed by atoms with Gasteiger partial charge in [-0.25, -0.2) is 8.42 Å². The van der Waals surface area contributed by atoms with Crippen LogP contribution in [0.3, 0.4) is 0 Å². The third kappa shape index (κ3) is 5.32. The molecule has 0 aliphatic heterocycles. The van der Waals surface area contributed by atoms with Crippen molar-refractivity contribution in [3.63, 3.8) is 0 Å². The smallest absolute Gasteiger partial charge is 0.251 e. The van der Waals surface area contributed by atoms with Crippen LogP contribution in [0.25, 0.3) is 0 Å². The van der Waals surface area contributed by atoms with Gasteiger partial charge in [-0.1, -0.05) is 36.8 Å². The average molecular weight is 360 g/mol. The minimum absolute atomic E-state index is 0.0674. The normalized spacial score (nSPS) is 12.5. The first-order valence-corrected chi connectivity index (χ1v) is 10.0. The zero-order valence-corrected chi connectivity index (χ0v) is 15.8. The van der Waals surface area contributed by atoms with Gasteiger partial charge < -0.3 is 5.32 Å². The topological polar surface area (TPSA) is 75.3 Å². The summed E-state index contributed by atoms with van der Waals surface area (Å²) in [6, 6.07) is 12.9. The first kappa shape index (κ1) is 19.0. The molecule has 0 radical (unpaired) electrons. The van der Waals surface area contributed by atoms with Crippen LogP contribution in [-0.2, 0) is 10.0 Å². The lowest BCUT2D eigenvalue weighted by Gasteiger charge is -2.18. The summed E-state index contributed by atoms with van der Waals surface area (Å²) in [4.78, 5) is 12.6. The van der Waals surface area contributed by atoms with Gasteiger partial charge in [0.15, 0.2) is 0 Å². The van der Waals surface area contributed by atoms with Gasteiger partial charge in [-0.05, 0) is 49.6 Å². The molecule has 2 aromatic rings. The number of carbonyl (C=O) groups excluding carboxylic acids is 1. The fourth-order valence-corrected chi connectivity index (χ4v) is 3.21. The molecular weight excluding hydrogens is 336 g/mol. The summed E-state index contributed by atoms with van der Waals surface area (Å²) >= 11 is 0. The Kier molecular flexibility index (Phi) is 5.85. The highest BCUT2D eigenvalue weighted by atomic mass is 32.2. The summed E-state index contributed by atoms with van der Waals surface area (Å²) in [5, 5.41) is 3.04. The third-order valence-corrected chi connectivity index (χ3v) is 4.57. The fourth-order valence-electron chi connectivity index (χ4n) is 2.58. The molecule has 1 amide bonds. The molecule has 134 valence electrons. The highest BCUT2D eigenvalue weighted by Crippen LogP contribution is 2.20. The Hall–Kier alpha value is -2.34. The highest BCUT2D eigenvalue weighted by molar-refractivity contribution is 7.92. The molecular formula is C19H24N2O3S. The molecule has 0 saturated heterocycles. The Labute approximate surface area is 149 Å². The Morgan fingerprint density at radius 3 is 2.24 bits per heavy atom. The number of aryl methyl sites for hydroxylation is 2. The molecule has 1 atom stereocenters. The van der Waals surface area contributed by atoms with E-state index in [9.17, 15) is 13.2 Å². The number of anilines is 1. The molecule has 0 fully saturated rings. The van der Waals surface area contributed by atoms with Gasteiger partial charge in [0.25, 0.3) is 5.91 Å². The summed E-state index contributed by atoms with van der Waals surface area (Å²) in [6.45, 7) is 5.81. The van der Waals surface area contributed by atoms with Crippen LogP contribution in [0.2, 0.25) is 0 Å². The number of carbonyl (C=O) groups is 1. The highest BCUT2D eigenvalue weighted by Gasteiger charge is 2.15. The lowest BCUT2D eigenvalue weighted by Crippen LogP contribution is -2.28. The number of sulfonamides is 1. The van der Waals surface area contributed by atoms with E-state index < -0.39 is 10.0 Å². The fraction of sp³-hybridized carbons (Fsp3) is 0.316. The number of amides is 1. The Bertz CT molecular complexity index is 859. The molecule has 2 rings (SSSR count). The van der Waals surface area contributed by atoms with Crippen LogP contribution in [0.15, 0.2) is 42.5 Å². The number of hydrogen-bond donors (Lipinski definition) is 2. The molecule has 0 heterocycles. The number of hydrogen-bond acceptors (Lipinski definition) is 3. The second kappa shape index (κ2) is 7.70. The second-order valence-corrected chi connectivity index (χ2v) is 8.00. The van der Waals surface area contributed by atoms with Crippen molar-refractivity contribution in [1.82, 2.24) is 5.32 Å². The van der Waals surface area contributed by atoms with E-state index in [0.717, 1.165) is 18.2 Å². The van der Waals surface area contributed by atoms with Crippen LogP contribution in [0.5, 0.6) is 0 Å². The zero-order chi connectivity index (χ0) is 18.6. The summed E-state index contributed by atoms with van der Waals surface area (Å²) in [6.07, 6.45) is 1.88. The standard InChI is InChI=1S/C19H24N2O3S/c1-5-17(15-8-6-13(2)7-9-15)20-19(22)16-10-11-18(14(3)12-16)21-25(4,23)24/h6-12,17,21H,5H2,1-4H3,(H,20,22). The van der Waals surface area contributed by atoms with Crippen molar-refractivity contribution in [3.05, 3.63) is 64.7 Å². The maximum absolute atomic E-state index is 12.6. The summed E-state index contributed by atoms with van der Waals surface area (Å²) in [7, 11) is -3.35. The van der Waals surface area contributed by atoms with E-state index in [1.54, 1.807) is 25.1 Å². The van der Waals surface area contributed by atoms with Gasteiger partial charge in [-0.2, -0.15) is 0 Å². The number of nitrogens with one attached hydrogen (secondary N) is 2. The zero-order valence-electron chi connectivity index (χ0n) is 15.0. The van der Waals surface area contributed by atoms with Gasteiger partial charge in [0, 0.05) is 5.56 Å². The molecule has 0 saturated carbocycles. The lowest BCUT2D eigenvalue weighted by atomic mass is 10.0. The molecule has 0 aliphatic carbocycles. The van der Waals surface area contributed by atoms with Crippen molar-refractivity contribution in [2.24, 2.45) is 0 Å².